The zero-order valence-corrected chi connectivity index (χ0v) is 14.3. The highest BCUT2D eigenvalue weighted by Crippen LogP contribution is 2.14. The number of hydrogen-bond donors (Lipinski definition) is 0. The third-order valence-corrected chi connectivity index (χ3v) is 3.64. The molecule has 0 saturated carbocycles. The van der Waals surface area contributed by atoms with Crippen molar-refractivity contribution in [3.05, 3.63) is 42.7 Å². The summed E-state index contributed by atoms with van der Waals surface area (Å²) in [5.41, 5.74) is 1.68. The maximum absolute atomic E-state index is 12.9. The van der Waals surface area contributed by atoms with Crippen molar-refractivity contribution in [3.8, 4) is 5.69 Å². The highest BCUT2D eigenvalue weighted by Gasteiger charge is 2.25. The van der Waals surface area contributed by atoms with Gasteiger partial charge in [-0.3, -0.25) is 4.79 Å². The molecule has 0 aliphatic carbocycles. The first-order chi connectivity index (χ1) is 10.3. The van der Waals surface area contributed by atoms with E-state index in [0.717, 1.165) is 5.69 Å². The van der Waals surface area contributed by atoms with Crippen molar-refractivity contribution in [2.45, 2.75) is 39.8 Å². The Kier molecular flexibility index (Phi) is 4.64. The largest absolute Gasteiger partial charge is 0.334 e. The van der Waals surface area contributed by atoms with E-state index >= 15 is 0 Å². The van der Waals surface area contributed by atoms with Gasteiger partial charge in [-0.25, -0.2) is 9.13 Å². The maximum Gasteiger partial charge on any atom is 0.260 e. The van der Waals surface area contributed by atoms with Crippen LogP contribution in [0.25, 0.3) is 5.69 Å². The lowest BCUT2D eigenvalue weighted by atomic mass is 10.1. The summed E-state index contributed by atoms with van der Waals surface area (Å²) in [4.78, 5) is 14.8. The summed E-state index contributed by atoms with van der Waals surface area (Å²) >= 11 is 0. The monoisotopic (exact) mass is 302 g/mol. The number of imidazole rings is 1. The number of carbonyl (C=O) groups excluding carboxylic acids is 1. The molecule has 0 fully saturated rings. The van der Waals surface area contributed by atoms with Crippen LogP contribution in [0.3, 0.4) is 0 Å². The van der Waals surface area contributed by atoms with Crippen LogP contribution in [-0.2, 0) is 14.1 Å². The van der Waals surface area contributed by atoms with Crippen LogP contribution < -0.4 is 9.13 Å². The zero-order chi connectivity index (χ0) is 16.4. The van der Waals surface area contributed by atoms with Gasteiger partial charge in [-0.05, 0) is 27.7 Å². The lowest BCUT2D eigenvalue weighted by Gasteiger charge is -2.30. The molecule has 2 aromatic heterocycles. The molecule has 0 atom stereocenters. The van der Waals surface area contributed by atoms with Crippen molar-refractivity contribution in [2.75, 3.05) is 0 Å². The van der Waals surface area contributed by atoms with Gasteiger partial charge in [0.05, 0.1) is 7.05 Å². The Hall–Kier alpha value is -2.17. The number of carbonyl (C=O) groups is 1. The molecule has 118 valence electrons. The van der Waals surface area contributed by atoms with Gasteiger partial charge in [-0.2, -0.15) is 4.57 Å². The van der Waals surface area contributed by atoms with Crippen molar-refractivity contribution in [1.29, 1.82) is 0 Å². The van der Waals surface area contributed by atoms with Crippen LogP contribution in [0.5, 0.6) is 0 Å². The first-order valence-corrected chi connectivity index (χ1v) is 7.66. The van der Waals surface area contributed by atoms with Crippen LogP contribution in [0.15, 0.2) is 37.2 Å². The molecule has 0 saturated heterocycles. The molecule has 2 heterocycles. The highest BCUT2D eigenvalue weighted by molar-refractivity contribution is 5.94. The van der Waals surface area contributed by atoms with E-state index in [-0.39, 0.29) is 18.0 Å². The van der Waals surface area contributed by atoms with Crippen molar-refractivity contribution >= 4 is 5.91 Å². The highest BCUT2D eigenvalue weighted by atomic mass is 16.2. The van der Waals surface area contributed by atoms with Gasteiger partial charge in [-0.15, -0.1) is 0 Å². The standard InChI is InChI=1S/C17H26N4O/c1-13(2)21(14(3)4)17(22)15-9-16(11-19(6)10-15)20-8-7-18(5)12-20/h7-14H,1-6H3/q+2. The lowest BCUT2D eigenvalue weighted by Crippen LogP contribution is -2.43. The van der Waals surface area contributed by atoms with E-state index in [0.29, 0.717) is 5.56 Å². The number of nitrogens with zero attached hydrogens (tertiary/aromatic N) is 4. The third kappa shape index (κ3) is 3.35. The summed E-state index contributed by atoms with van der Waals surface area (Å²) < 4.78 is 5.91. The molecular formula is C17H26N4O+2. The van der Waals surface area contributed by atoms with Gasteiger partial charge in [0.15, 0.2) is 11.9 Å². The fourth-order valence-corrected chi connectivity index (χ4v) is 2.77. The number of rotatable bonds is 4. The molecule has 0 spiro atoms. The van der Waals surface area contributed by atoms with Gasteiger partial charge in [0.1, 0.15) is 25.0 Å². The molecule has 0 unspecified atom stereocenters. The second-order valence-corrected chi connectivity index (χ2v) is 6.33. The first-order valence-electron chi connectivity index (χ1n) is 7.66. The number of hydrogen-bond acceptors (Lipinski definition) is 1. The predicted octanol–water partition coefficient (Wildman–Crippen LogP) is 1.39. The van der Waals surface area contributed by atoms with Crippen LogP contribution in [0.2, 0.25) is 0 Å². The summed E-state index contributed by atoms with van der Waals surface area (Å²) in [6.45, 7) is 8.20. The summed E-state index contributed by atoms with van der Waals surface area (Å²) in [5, 5.41) is 0. The van der Waals surface area contributed by atoms with Gasteiger partial charge in [0.2, 0.25) is 12.5 Å². The Bertz CT molecular complexity index is 665. The lowest BCUT2D eigenvalue weighted by molar-refractivity contribution is -0.673. The summed E-state index contributed by atoms with van der Waals surface area (Å²) in [6.07, 6.45) is 9.82. The normalized spacial score (nSPS) is 11.3. The average Bonchev–Trinajstić information content (AvgIpc) is 2.83. The smallest absolute Gasteiger partial charge is 0.260 e. The Morgan fingerprint density at radius 3 is 2.23 bits per heavy atom. The fourth-order valence-electron chi connectivity index (χ4n) is 2.77. The maximum atomic E-state index is 12.9. The molecule has 0 radical (unpaired) electrons. The van der Waals surface area contributed by atoms with E-state index in [4.69, 9.17) is 0 Å². The van der Waals surface area contributed by atoms with Gasteiger partial charge in [0, 0.05) is 18.2 Å². The quantitative estimate of drug-likeness (QED) is 0.786. The fraction of sp³-hybridized carbons (Fsp3) is 0.471. The van der Waals surface area contributed by atoms with Crippen molar-refractivity contribution < 1.29 is 13.9 Å². The second-order valence-electron chi connectivity index (χ2n) is 6.33. The SMILES string of the molecule is CC(C)N(C(=O)c1cc(-n2cc[n+](C)c2)c[n+](C)c1)C(C)C. The summed E-state index contributed by atoms with van der Waals surface area (Å²) in [7, 11) is 3.92. The molecule has 0 bridgehead atoms. The van der Waals surface area contributed by atoms with E-state index < -0.39 is 0 Å². The Balaban J connectivity index is 2.43. The Morgan fingerprint density at radius 2 is 1.73 bits per heavy atom. The topological polar surface area (TPSA) is 33.0 Å². The van der Waals surface area contributed by atoms with E-state index in [9.17, 15) is 4.79 Å². The van der Waals surface area contributed by atoms with E-state index in [1.807, 2.05) is 97.6 Å². The molecule has 22 heavy (non-hydrogen) atoms. The minimum absolute atomic E-state index is 0.0685. The zero-order valence-electron chi connectivity index (χ0n) is 14.3. The van der Waals surface area contributed by atoms with Crippen molar-refractivity contribution in [1.82, 2.24) is 9.47 Å². The van der Waals surface area contributed by atoms with Crippen LogP contribution >= 0.6 is 0 Å². The summed E-state index contributed by atoms with van der Waals surface area (Å²) in [6, 6.07) is 2.29. The van der Waals surface area contributed by atoms with Crippen LogP contribution in [0.1, 0.15) is 38.1 Å². The minimum atomic E-state index is 0.0685. The van der Waals surface area contributed by atoms with Crippen molar-refractivity contribution in [3.63, 3.8) is 0 Å². The van der Waals surface area contributed by atoms with Crippen LogP contribution in [0, 0.1) is 0 Å². The molecule has 2 aromatic rings. The van der Waals surface area contributed by atoms with Gasteiger partial charge >= 0.3 is 0 Å². The molecular weight excluding hydrogens is 276 g/mol. The van der Waals surface area contributed by atoms with E-state index in [1.54, 1.807) is 0 Å². The second kappa shape index (κ2) is 6.30. The summed E-state index contributed by atoms with van der Waals surface area (Å²) in [5.74, 6) is 0.0685. The van der Waals surface area contributed by atoms with Crippen LogP contribution in [0.4, 0.5) is 0 Å². The van der Waals surface area contributed by atoms with E-state index in [1.165, 1.54) is 0 Å². The number of aromatic nitrogens is 3. The number of aryl methyl sites for hydroxylation is 2. The van der Waals surface area contributed by atoms with E-state index in [2.05, 4.69) is 0 Å². The number of amides is 1. The van der Waals surface area contributed by atoms with Crippen molar-refractivity contribution in [2.24, 2.45) is 14.1 Å². The molecule has 0 aliphatic rings. The molecule has 1 amide bonds. The third-order valence-electron chi connectivity index (χ3n) is 3.64. The predicted molar refractivity (Wildman–Crippen MR) is 84.6 cm³/mol. The first kappa shape index (κ1) is 16.2. The Labute approximate surface area is 132 Å². The average molecular weight is 302 g/mol. The molecule has 0 N–H and O–H groups in total. The van der Waals surface area contributed by atoms with Gasteiger partial charge in [0.25, 0.3) is 5.91 Å². The molecule has 2 rings (SSSR count). The number of pyridine rings is 1. The van der Waals surface area contributed by atoms with Crippen LogP contribution in [-0.4, -0.2) is 27.5 Å². The molecule has 0 aromatic carbocycles. The van der Waals surface area contributed by atoms with Gasteiger partial charge in [-0.1, -0.05) is 0 Å². The molecule has 0 aliphatic heterocycles. The Morgan fingerprint density at radius 1 is 1.09 bits per heavy atom. The molecule has 5 heteroatoms. The minimum Gasteiger partial charge on any atom is -0.334 e. The molecule has 5 nitrogen and oxygen atoms in total. The van der Waals surface area contributed by atoms with Gasteiger partial charge < -0.3 is 4.90 Å².